The summed E-state index contributed by atoms with van der Waals surface area (Å²) in [5, 5.41) is 14.9. The number of fused-ring (bicyclic) bond motifs is 1. The number of hydrogen-bond donors (Lipinski definition) is 1. The molecule has 0 saturated heterocycles. The van der Waals surface area contributed by atoms with E-state index in [1.807, 2.05) is 6.08 Å². The highest BCUT2D eigenvalue weighted by Gasteiger charge is 2.27. The standard InChI is InChI=1S/C14H18ClN3O2/c1-3-4-7-17-9-11-12(15)5-6-13(18(19)20)14(11)16-8-10(17)2/h3,5-6,10,16H,1,4,7-9H2,2H3/t10-/m0/s1. The fourth-order valence-corrected chi connectivity index (χ4v) is 2.63. The van der Waals surface area contributed by atoms with Crippen LogP contribution in [-0.4, -0.2) is 29.0 Å². The Labute approximate surface area is 123 Å². The molecule has 0 unspecified atom stereocenters. The summed E-state index contributed by atoms with van der Waals surface area (Å²) in [5.74, 6) is 0. The number of nitro groups is 1. The van der Waals surface area contributed by atoms with Crippen molar-refractivity contribution in [1.29, 1.82) is 0 Å². The normalized spacial score (nSPS) is 18.8. The number of hydrogen-bond acceptors (Lipinski definition) is 4. The van der Waals surface area contributed by atoms with Gasteiger partial charge in [-0.3, -0.25) is 15.0 Å². The molecule has 1 aromatic rings. The molecule has 1 aromatic carbocycles. The number of anilines is 1. The molecule has 0 aromatic heterocycles. The number of nitrogens with zero attached hydrogens (tertiary/aromatic N) is 2. The summed E-state index contributed by atoms with van der Waals surface area (Å²) < 4.78 is 0. The van der Waals surface area contributed by atoms with E-state index < -0.39 is 0 Å². The Kier molecular flexibility index (Phi) is 4.62. The van der Waals surface area contributed by atoms with Gasteiger partial charge in [0, 0.05) is 42.3 Å². The van der Waals surface area contributed by atoms with Crippen LogP contribution in [0.4, 0.5) is 11.4 Å². The molecule has 6 heteroatoms. The fraction of sp³-hybridized carbons (Fsp3) is 0.429. The largest absolute Gasteiger partial charge is 0.378 e. The second-order valence-electron chi connectivity index (χ2n) is 4.95. The Morgan fingerprint density at radius 2 is 2.40 bits per heavy atom. The second-order valence-corrected chi connectivity index (χ2v) is 5.36. The predicted molar refractivity (Wildman–Crippen MR) is 81.3 cm³/mol. The van der Waals surface area contributed by atoms with Gasteiger partial charge in [-0.1, -0.05) is 17.7 Å². The second kappa shape index (κ2) is 6.24. The molecule has 20 heavy (non-hydrogen) atoms. The van der Waals surface area contributed by atoms with Gasteiger partial charge >= 0.3 is 0 Å². The third-order valence-electron chi connectivity index (χ3n) is 3.61. The quantitative estimate of drug-likeness (QED) is 0.525. The molecule has 1 heterocycles. The Morgan fingerprint density at radius 3 is 3.05 bits per heavy atom. The van der Waals surface area contributed by atoms with Gasteiger partial charge in [0.2, 0.25) is 0 Å². The van der Waals surface area contributed by atoms with Crippen LogP contribution in [0.15, 0.2) is 24.8 Å². The van der Waals surface area contributed by atoms with E-state index in [1.165, 1.54) is 6.07 Å². The molecular formula is C14H18ClN3O2. The molecule has 5 nitrogen and oxygen atoms in total. The summed E-state index contributed by atoms with van der Waals surface area (Å²) >= 11 is 6.23. The smallest absolute Gasteiger partial charge is 0.292 e. The summed E-state index contributed by atoms with van der Waals surface area (Å²) in [6.07, 6.45) is 2.76. The van der Waals surface area contributed by atoms with Crippen LogP contribution in [0, 0.1) is 10.1 Å². The number of halogens is 1. The van der Waals surface area contributed by atoms with E-state index in [4.69, 9.17) is 11.6 Å². The first-order valence-corrected chi connectivity index (χ1v) is 6.97. The lowest BCUT2D eigenvalue weighted by Gasteiger charge is -2.26. The van der Waals surface area contributed by atoms with Crippen molar-refractivity contribution >= 4 is 23.0 Å². The average molecular weight is 296 g/mol. The minimum Gasteiger partial charge on any atom is -0.378 e. The third kappa shape index (κ3) is 2.94. The SMILES string of the molecule is C=CCCN1Cc2c(Cl)ccc([N+](=O)[O-])c2NC[C@@H]1C. The molecule has 1 N–H and O–H groups in total. The Morgan fingerprint density at radius 1 is 1.65 bits per heavy atom. The van der Waals surface area contributed by atoms with Gasteiger partial charge < -0.3 is 5.32 Å². The number of nitro benzene ring substituents is 1. The zero-order valence-electron chi connectivity index (χ0n) is 11.4. The highest BCUT2D eigenvalue weighted by molar-refractivity contribution is 6.32. The van der Waals surface area contributed by atoms with E-state index >= 15 is 0 Å². The molecule has 0 fully saturated rings. The Balaban J connectivity index is 2.39. The number of benzene rings is 1. The first-order valence-electron chi connectivity index (χ1n) is 6.59. The van der Waals surface area contributed by atoms with Crippen molar-refractivity contribution in [2.45, 2.75) is 25.9 Å². The summed E-state index contributed by atoms with van der Waals surface area (Å²) in [4.78, 5) is 13.0. The van der Waals surface area contributed by atoms with E-state index in [-0.39, 0.29) is 16.7 Å². The lowest BCUT2D eigenvalue weighted by atomic mass is 10.1. The Hall–Kier alpha value is -1.59. The first kappa shape index (κ1) is 14.8. The Bertz CT molecular complexity index is 533. The number of rotatable bonds is 4. The molecule has 0 aliphatic carbocycles. The van der Waals surface area contributed by atoms with Crippen molar-refractivity contribution < 1.29 is 4.92 Å². The highest BCUT2D eigenvalue weighted by Crippen LogP contribution is 2.36. The number of nitrogens with one attached hydrogen (secondary N) is 1. The monoisotopic (exact) mass is 295 g/mol. The van der Waals surface area contributed by atoms with Gasteiger partial charge in [-0.15, -0.1) is 6.58 Å². The molecule has 0 spiro atoms. The molecular weight excluding hydrogens is 278 g/mol. The van der Waals surface area contributed by atoms with E-state index in [9.17, 15) is 10.1 Å². The van der Waals surface area contributed by atoms with Gasteiger partial charge in [-0.2, -0.15) is 0 Å². The van der Waals surface area contributed by atoms with Crippen molar-refractivity contribution in [2.75, 3.05) is 18.4 Å². The average Bonchev–Trinajstić information content (AvgIpc) is 2.57. The summed E-state index contributed by atoms with van der Waals surface area (Å²) in [6, 6.07) is 3.33. The van der Waals surface area contributed by atoms with E-state index in [2.05, 4.69) is 23.7 Å². The van der Waals surface area contributed by atoms with Crippen LogP contribution < -0.4 is 5.32 Å². The van der Waals surface area contributed by atoms with E-state index in [1.54, 1.807) is 6.07 Å². The summed E-state index contributed by atoms with van der Waals surface area (Å²) in [6.45, 7) is 7.97. The molecule has 108 valence electrons. The van der Waals surface area contributed by atoms with Gasteiger partial charge in [0.05, 0.1) is 4.92 Å². The van der Waals surface area contributed by atoms with Crippen molar-refractivity contribution in [3.63, 3.8) is 0 Å². The maximum Gasteiger partial charge on any atom is 0.292 e. The van der Waals surface area contributed by atoms with Crippen LogP contribution >= 0.6 is 11.6 Å². The molecule has 2 rings (SSSR count). The predicted octanol–water partition coefficient (Wildman–Crippen LogP) is 3.44. The minimum atomic E-state index is -0.369. The molecule has 0 amide bonds. The lowest BCUT2D eigenvalue weighted by Crippen LogP contribution is -2.35. The molecule has 1 aliphatic rings. The van der Waals surface area contributed by atoms with Gasteiger partial charge in [-0.25, -0.2) is 0 Å². The zero-order valence-corrected chi connectivity index (χ0v) is 12.2. The van der Waals surface area contributed by atoms with Crippen LogP contribution in [0.3, 0.4) is 0 Å². The molecule has 0 saturated carbocycles. The van der Waals surface area contributed by atoms with Gasteiger partial charge in [0.25, 0.3) is 5.69 Å². The van der Waals surface area contributed by atoms with Crippen molar-refractivity contribution in [3.05, 3.63) is 45.5 Å². The molecule has 1 atom stereocenters. The molecule has 0 bridgehead atoms. The van der Waals surface area contributed by atoms with Crippen LogP contribution in [0.5, 0.6) is 0 Å². The van der Waals surface area contributed by atoms with Crippen LogP contribution in [-0.2, 0) is 6.54 Å². The third-order valence-corrected chi connectivity index (χ3v) is 3.96. The topological polar surface area (TPSA) is 58.4 Å². The lowest BCUT2D eigenvalue weighted by molar-refractivity contribution is -0.384. The summed E-state index contributed by atoms with van der Waals surface area (Å²) in [7, 11) is 0. The minimum absolute atomic E-state index is 0.0853. The maximum absolute atomic E-state index is 11.1. The van der Waals surface area contributed by atoms with Gasteiger partial charge in [0.15, 0.2) is 0 Å². The van der Waals surface area contributed by atoms with Crippen LogP contribution in [0.1, 0.15) is 18.9 Å². The molecule has 1 aliphatic heterocycles. The van der Waals surface area contributed by atoms with E-state index in [0.29, 0.717) is 23.8 Å². The molecule has 0 radical (unpaired) electrons. The van der Waals surface area contributed by atoms with Crippen molar-refractivity contribution in [3.8, 4) is 0 Å². The van der Waals surface area contributed by atoms with Gasteiger partial charge in [0.1, 0.15) is 5.69 Å². The first-order chi connectivity index (χ1) is 9.54. The zero-order chi connectivity index (χ0) is 14.7. The summed E-state index contributed by atoms with van der Waals surface area (Å²) in [5.41, 5.74) is 1.44. The maximum atomic E-state index is 11.1. The van der Waals surface area contributed by atoms with E-state index in [0.717, 1.165) is 18.5 Å². The fourth-order valence-electron chi connectivity index (χ4n) is 2.41. The highest BCUT2D eigenvalue weighted by atomic mass is 35.5. The van der Waals surface area contributed by atoms with Crippen LogP contribution in [0.25, 0.3) is 0 Å². The van der Waals surface area contributed by atoms with Crippen molar-refractivity contribution in [1.82, 2.24) is 4.90 Å². The van der Waals surface area contributed by atoms with Crippen molar-refractivity contribution in [2.24, 2.45) is 0 Å². The van der Waals surface area contributed by atoms with Gasteiger partial charge in [-0.05, 0) is 19.4 Å². The van der Waals surface area contributed by atoms with Crippen LogP contribution in [0.2, 0.25) is 5.02 Å².